The minimum atomic E-state index is -4.82. The van der Waals surface area contributed by atoms with Crippen LogP contribution in [0.15, 0.2) is 42.2 Å². The molecule has 0 atom stereocenters. The van der Waals surface area contributed by atoms with Crippen LogP contribution in [0.25, 0.3) is 17.1 Å². The highest BCUT2D eigenvalue weighted by molar-refractivity contribution is 6.00. The Morgan fingerprint density at radius 3 is 2.44 bits per heavy atom. The number of hydrogen-bond donors (Lipinski definition) is 1. The van der Waals surface area contributed by atoms with Crippen LogP contribution in [0, 0.1) is 18.3 Å². The fraction of sp³-hybridized carbons (Fsp3) is 0.190. The van der Waals surface area contributed by atoms with Gasteiger partial charge in [0.1, 0.15) is 17.3 Å². The SMILES string of the molecule is Cc1cc(Cn2cc(/C=C(\C#N)C(=O)O)c3c(C(F)(F)F)ccnc32)cc(C(F)(F)F)c1. The number of carboxylic acid groups (broad SMARTS) is 1. The van der Waals surface area contributed by atoms with Gasteiger partial charge in [-0.15, -0.1) is 0 Å². The molecule has 0 saturated heterocycles. The van der Waals surface area contributed by atoms with E-state index in [1.807, 2.05) is 0 Å². The molecule has 5 nitrogen and oxygen atoms in total. The van der Waals surface area contributed by atoms with E-state index in [9.17, 15) is 31.1 Å². The molecular formula is C21H13F6N3O2. The molecule has 0 amide bonds. The van der Waals surface area contributed by atoms with Gasteiger partial charge in [-0.25, -0.2) is 9.78 Å². The van der Waals surface area contributed by atoms with Crippen molar-refractivity contribution in [3.8, 4) is 6.07 Å². The Labute approximate surface area is 176 Å². The molecule has 3 rings (SSSR count). The van der Waals surface area contributed by atoms with Gasteiger partial charge in [-0.05, 0) is 36.8 Å². The maximum absolute atomic E-state index is 13.6. The van der Waals surface area contributed by atoms with Crippen LogP contribution < -0.4 is 0 Å². The molecule has 32 heavy (non-hydrogen) atoms. The minimum absolute atomic E-state index is 0.155. The lowest BCUT2D eigenvalue weighted by atomic mass is 10.1. The van der Waals surface area contributed by atoms with Gasteiger partial charge in [-0.3, -0.25) is 0 Å². The van der Waals surface area contributed by atoms with Crippen LogP contribution >= 0.6 is 0 Å². The first-order valence-corrected chi connectivity index (χ1v) is 8.89. The summed E-state index contributed by atoms with van der Waals surface area (Å²) in [5.41, 5.74) is -2.85. The summed E-state index contributed by atoms with van der Waals surface area (Å²) >= 11 is 0. The zero-order valence-corrected chi connectivity index (χ0v) is 16.2. The highest BCUT2D eigenvalue weighted by Crippen LogP contribution is 2.37. The Morgan fingerprint density at radius 2 is 1.88 bits per heavy atom. The Balaban J connectivity index is 2.25. The summed E-state index contributed by atoms with van der Waals surface area (Å²) in [4.78, 5) is 15.1. The third kappa shape index (κ3) is 4.59. The third-order valence-corrected chi connectivity index (χ3v) is 4.56. The number of aromatic nitrogens is 2. The average Bonchev–Trinajstić information content (AvgIpc) is 3.01. The van der Waals surface area contributed by atoms with Gasteiger partial charge < -0.3 is 9.67 Å². The zero-order valence-electron chi connectivity index (χ0n) is 16.2. The fourth-order valence-electron chi connectivity index (χ4n) is 3.32. The molecule has 0 radical (unpaired) electrons. The lowest BCUT2D eigenvalue weighted by molar-refractivity contribution is -0.138. The number of pyridine rings is 1. The number of benzene rings is 1. The van der Waals surface area contributed by atoms with E-state index in [1.165, 1.54) is 23.6 Å². The van der Waals surface area contributed by atoms with Crippen molar-refractivity contribution in [2.45, 2.75) is 25.8 Å². The number of carboxylic acids is 1. The van der Waals surface area contributed by atoms with Crippen LogP contribution in [-0.2, 0) is 23.7 Å². The van der Waals surface area contributed by atoms with Crippen LogP contribution in [0.5, 0.6) is 0 Å². The van der Waals surface area contributed by atoms with E-state index in [2.05, 4.69) is 4.98 Å². The van der Waals surface area contributed by atoms with Crippen molar-refractivity contribution in [2.24, 2.45) is 0 Å². The summed E-state index contributed by atoms with van der Waals surface area (Å²) in [6.45, 7) is 1.19. The lowest BCUT2D eigenvalue weighted by Gasteiger charge is -2.12. The predicted molar refractivity (Wildman–Crippen MR) is 101 cm³/mol. The van der Waals surface area contributed by atoms with Crippen LogP contribution in [-0.4, -0.2) is 20.6 Å². The van der Waals surface area contributed by atoms with E-state index < -0.39 is 40.4 Å². The van der Waals surface area contributed by atoms with E-state index in [4.69, 9.17) is 10.4 Å². The van der Waals surface area contributed by atoms with Crippen molar-refractivity contribution in [3.63, 3.8) is 0 Å². The molecule has 1 aromatic carbocycles. The molecule has 11 heteroatoms. The molecular weight excluding hydrogens is 440 g/mol. The number of aliphatic carboxylic acids is 1. The molecule has 0 aliphatic rings. The second-order valence-corrected chi connectivity index (χ2v) is 6.95. The molecule has 3 aromatic rings. The molecule has 0 spiro atoms. The van der Waals surface area contributed by atoms with Gasteiger partial charge in [0, 0.05) is 29.9 Å². The van der Waals surface area contributed by atoms with Crippen molar-refractivity contribution >= 4 is 23.1 Å². The minimum Gasteiger partial charge on any atom is -0.477 e. The number of halogens is 6. The van der Waals surface area contributed by atoms with E-state index >= 15 is 0 Å². The summed E-state index contributed by atoms with van der Waals surface area (Å²) in [5, 5.41) is 17.6. The van der Waals surface area contributed by atoms with Crippen LogP contribution in [0.3, 0.4) is 0 Å². The summed E-state index contributed by atoms with van der Waals surface area (Å²) in [5.74, 6) is -1.64. The number of rotatable bonds is 4. The monoisotopic (exact) mass is 453 g/mol. The molecule has 166 valence electrons. The third-order valence-electron chi connectivity index (χ3n) is 4.56. The van der Waals surface area contributed by atoms with Crippen LogP contribution in [0.1, 0.15) is 27.8 Å². The Bertz CT molecular complexity index is 1280. The van der Waals surface area contributed by atoms with E-state index in [0.717, 1.165) is 30.6 Å². The molecule has 1 N–H and O–H groups in total. The predicted octanol–water partition coefficient (Wildman–Crippen LogP) is 5.42. The Hall–Kier alpha value is -3.81. The number of nitriles is 1. The standard InChI is InChI=1S/C21H13F6N3O2/c1-11-4-12(6-15(5-11)20(22,23)24)9-30-10-14(7-13(8-28)19(31)32)17-16(21(25,26)27)2-3-29-18(17)30/h2-7,10H,9H2,1H3,(H,31,32)/b13-7+. The molecule has 0 aliphatic carbocycles. The number of alkyl halides is 6. The zero-order chi connectivity index (χ0) is 23.8. The van der Waals surface area contributed by atoms with Gasteiger partial charge in [0.15, 0.2) is 0 Å². The molecule has 2 heterocycles. The second-order valence-electron chi connectivity index (χ2n) is 6.95. The summed E-state index contributed by atoms with van der Waals surface area (Å²) in [6, 6.07) is 5.35. The molecule has 0 fully saturated rings. The normalized spacial score (nSPS) is 12.8. The van der Waals surface area contributed by atoms with Crippen molar-refractivity contribution in [1.29, 1.82) is 5.26 Å². The Kier molecular flexibility index (Phi) is 5.74. The van der Waals surface area contributed by atoms with Crippen LogP contribution in [0.4, 0.5) is 26.3 Å². The van der Waals surface area contributed by atoms with E-state index in [0.29, 0.717) is 11.6 Å². The maximum Gasteiger partial charge on any atom is 0.417 e. The first-order valence-electron chi connectivity index (χ1n) is 8.89. The van der Waals surface area contributed by atoms with Gasteiger partial charge in [0.25, 0.3) is 0 Å². The van der Waals surface area contributed by atoms with Crippen molar-refractivity contribution in [3.05, 3.63) is 70.0 Å². The number of fused-ring (bicyclic) bond motifs is 1. The molecule has 2 aromatic heterocycles. The smallest absolute Gasteiger partial charge is 0.417 e. The van der Waals surface area contributed by atoms with Gasteiger partial charge in [0.2, 0.25) is 0 Å². The quantitative estimate of drug-likeness (QED) is 0.325. The number of aryl methyl sites for hydroxylation is 1. The van der Waals surface area contributed by atoms with Crippen molar-refractivity contribution in [2.75, 3.05) is 0 Å². The van der Waals surface area contributed by atoms with Gasteiger partial charge >= 0.3 is 18.3 Å². The Morgan fingerprint density at radius 1 is 1.19 bits per heavy atom. The summed E-state index contributed by atoms with van der Waals surface area (Å²) < 4.78 is 81.4. The summed E-state index contributed by atoms with van der Waals surface area (Å²) in [7, 11) is 0. The van der Waals surface area contributed by atoms with Gasteiger partial charge in [-0.1, -0.05) is 11.6 Å². The summed E-state index contributed by atoms with van der Waals surface area (Å²) in [6.07, 6.45) is -6.63. The maximum atomic E-state index is 13.6. The molecule has 0 bridgehead atoms. The van der Waals surface area contributed by atoms with E-state index in [1.54, 1.807) is 0 Å². The topological polar surface area (TPSA) is 78.9 Å². The van der Waals surface area contributed by atoms with Gasteiger partial charge in [-0.2, -0.15) is 31.6 Å². The lowest BCUT2D eigenvalue weighted by Crippen LogP contribution is -2.08. The molecule has 0 unspecified atom stereocenters. The van der Waals surface area contributed by atoms with Gasteiger partial charge in [0.05, 0.1) is 11.1 Å². The number of nitrogens with zero attached hydrogens (tertiary/aromatic N) is 3. The number of carbonyl (C=O) groups is 1. The molecule has 0 aliphatic heterocycles. The first kappa shape index (κ1) is 22.9. The van der Waals surface area contributed by atoms with E-state index in [-0.39, 0.29) is 23.3 Å². The van der Waals surface area contributed by atoms with Crippen molar-refractivity contribution < 1.29 is 36.2 Å². The number of hydrogen-bond acceptors (Lipinski definition) is 3. The highest BCUT2D eigenvalue weighted by atomic mass is 19.4. The average molecular weight is 453 g/mol. The molecule has 0 saturated carbocycles. The second kappa shape index (κ2) is 8.03. The van der Waals surface area contributed by atoms with Crippen LogP contribution in [0.2, 0.25) is 0 Å². The highest BCUT2D eigenvalue weighted by Gasteiger charge is 2.35. The van der Waals surface area contributed by atoms with Crippen molar-refractivity contribution in [1.82, 2.24) is 9.55 Å². The largest absolute Gasteiger partial charge is 0.477 e. The first-order chi connectivity index (χ1) is 14.8. The fourth-order valence-corrected chi connectivity index (χ4v) is 3.32.